The van der Waals surface area contributed by atoms with Gasteiger partial charge in [0.25, 0.3) is 10.0 Å². The first-order chi connectivity index (χ1) is 7.54. The Hall–Kier alpha value is 0.340. The fraction of sp³-hybridized carbons (Fsp3) is 0.556. The lowest BCUT2D eigenvalue weighted by atomic mass is 10.2. The molecule has 0 aliphatic heterocycles. The van der Waals surface area contributed by atoms with E-state index >= 15 is 0 Å². The summed E-state index contributed by atoms with van der Waals surface area (Å²) >= 11 is 4.43. The summed E-state index contributed by atoms with van der Waals surface area (Å²) in [6, 6.07) is 1.60. The average molecular weight is 362 g/mol. The molecule has 0 radical (unpaired) electrons. The Balaban J connectivity index is 0.00000144. The van der Waals surface area contributed by atoms with Crippen molar-refractivity contribution in [2.24, 2.45) is 11.7 Å². The van der Waals surface area contributed by atoms with E-state index in [9.17, 15) is 8.42 Å². The lowest BCUT2D eigenvalue weighted by molar-refractivity contribution is 0.520. The zero-order valence-electron chi connectivity index (χ0n) is 8.93. The number of thiophene rings is 1. The van der Waals surface area contributed by atoms with Crippen molar-refractivity contribution in [3.05, 3.63) is 15.9 Å². The van der Waals surface area contributed by atoms with Crippen molar-refractivity contribution in [2.45, 2.75) is 23.1 Å². The second-order valence-electron chi connectivity index (χ2n) is 3.86. The average Bonchev–Trinajstić information content (AvgIpc) is 2.97. The highest BCUT2D eigenvalue weighted by molar-refractivity contribution is 9.10. The van der Waals surface area contributed by atoms with E-state index in [2.05, 4.69) is 20.7 Å². The lowest BCUT2D eigenvalue weighted by Crippen LogP contribution is -2.41. The number of nitrogens with two attached hydrogens (primary N) is 1. The Morgan fingerprint density at radius 1 is 1.59 bits per heavy atom. The van der Waals surface area contributed by atoms with Crippen molar-refractivity contribution in [1.29, 1.82) is 0 Å². The molecule has 0 saturated heterocycles. The molecule has 3 N–H and O–H groups in total. The van der Waals surface area contributed by atoms with Crippen molar-refractivity contribution in [3.8, 4) is 0 Å². The van der Waals surface area contributed by atoms with Gasteiger partial charge in [0.1, 0.15) is 4.21 Å². The third kappa shape index (κ3) is 3.65. The van der Waals surface area contributed by atoms with E-state index in [-0.39, 0.29) is 18.4 Å². The molecule has 8 heteroatoms. The zero-order valence-corrected chi connectivity index (χ0v) is 13.0. The molecule has 1 aliphatic rings. The molecule has 98 valence electrons. The molecule has 1 unspecified atom stereocenters. The molecule has 1 aromatic rings. The second-order valence-corrected chi connectivity index (χ2v) is 7.54. The Morgan fingerprint density at radius 3 is 2.65 bits per heavy atom. The van der Waals surface area contributed by atoms with Gasteiger partial charge in [0, 0.05) is 17.1 Å². The fourth-order valence-corrected chi connectivity index (χ4v) is 5.23. The third-order valence-corrected chi connectivity index (χ3v) is 6.74. The lowest BCUT2D eigenvalue weighted by Gasteiger charge is -2.15. The number of nitrogens with one attached hydrogen (secondary N) is 1. The minimum absolute atomic E-state index is 0. The standard InChI is InChI=1S/C9H13BrN2O2S2.ClH/c10-7-3-4-15-9(7)16(13,14)12-8(5-11)6-1-2-6;/h3-4,6,8,12H,1-2,5,11H2;1H. The molecule has 1 aromatic heterocycles. The fourth-order valence-electron chi connectivity index (χ4n) is 1.56. The van der Waals surface area contributed by atoms with E-state index < -0.39 is 10.0 Å². The molecule has 0 bridgehead atoms. The molecule has 1 fully saturated rings. The van der Waals surface area contributed by atoms with Crippen LogP contribution in [0.3, 0.4) is 0 Å². The highest BCUT2D eigenvalue weighted by Crippen LogP contribution is 2.34. The number of sulfonamides is 1. The van der Waals surface area contributed by atoms with Crippen molar-refractivity contribution >= 4 is 49.7 Å². The molecule has 0 amide bonds. The van der Waals surface area contributed by atoms with E-state index in [1.54, 1.807) is 11.4 Å². The van der Waals surface area contributed by atoms with Gasteiger partial charge in [-0.15, -0.1) is 23.7 Å². The summed E-state index contributed by atoms with van der Waals surface area (Å²) in [4.78, 5) is 0. The van der Waals surface area contributed by atoms with Gasteiger partial charge in [0.05, 0.1) is 0 Å². The van der Waals surface area contributed by atoms with E-state index in [1.807, 2.05) is 0 Å². The Kier molecular flexibility index (Phi) is 5.42. The highest BCUT2D eigenvalue weighted by atomic mass is 79.9. The Labute approximate surface area is 120 Å². The first kappa shape index (κ1) is 15.4. The van der Waals surface area contributed by atoms with Crippen LogP contribution in [-0.2, 0) is 10.0 Å². The van der Waals surface area contributed by atoms with E-state index in [0.717, 1.165) is 12.8 Å². The normalized spacial score (nSPS) is 17.5. The molecule has 17 heavy (non-hydrogen) atoms. The summed E-state index contributed by atoms with van der Waals surface area (Å²) in [5.41, 5.74) is 5.58. The van der Waals surface area contributed by atoms with Crippen LogP contribution in [0.2, 0.25) is 0 Å². The molecule has 1 saturated carbocycles. The summed E-state index contributed by atoms with van der Waals surface area (Å²) in [7, 11) is -3.42. The maximum absolute atomic E-state index is 12.0. The number of rotatable bonds is 5. The van der Waals surface area contributed by atoms with Crippen LogP contribution < -0.4 is 10.5 Å². The van der Waals surface area contributed by atoms with Crippen molar-refractivity contribution in [3.63, 3.8) is 0 Å². The summed E-state index contributed by atoms with van der Waals surface area (Å²) in [6.45, 7) is 0.354. The van der Waals surface area contributed by atoms with Gasteiger partial charge in [0.15, 0.2) is 0 Å². The van der Waals surface area contributed by atoms with Gasteiger partial charge in [-0.3, -0.25) is 0 Å². The second kappa shape index (κ2) is 5.99. The maximum atomic E-state index is 12.0. The Bertz CT molecular complexity index is 473. The van der Waals surface area contributed by atoms with Gasteiger partial charge in [-0.2, -0.15) is 0 Å². The molecule has 1 aliphatic carbocycles. The van der Waals surface area contributed by atoms with Crippen LogP contribution in [-0.4, -0.2) is 21.0 Å². The first-order valence-electron chi connectivity index (χ1n) is 5.00. The highest BCUT2D eigenvalue weighted by Gasteiger charge is 2.34. The van der Waals surface area contributed by atoms with Crippen molar-refractivity contribution in [1.82, 2.24) is 4.72 Å². The maximum Gasteiger partial charge on any atom is 0.251 e. The summed E-state index contributed by atoms with van der Waals surface area (Å²) in [6.07, 6.45) is 2.13. The van der Waals surface area contributed by atoms with Gasteiger partial charge in [-0.25, -0.2) is 13.1 Å². The van der Waals surface area contributed by atoms with Crippen LogP contribution in [0.25, 0.3) is 0 Å². The van der Waals surface area contributed by atoms with Gasteiger partial charge < -0.3 is 5.73 Å². The quantitative estimate of drug-likeness (QED) is 0.842. The summed E-state index contributed by atoms with van der Waals surface area (Å²) in [5, 5.41) is 1.74. The van der Waals surface area contributed by atoms with E-state index in [4.69, 9.17) is 5.73 Å². The molecule has 1 atom stereocenters. The summed E-state index contributed by atoms with van der Waals surface area (Å²) < 4.78 is 27.7. The van der Waals surface area contributed by atoms with Crippen LogP contribution in [0.15, 0.2) is 20.1 Å². The van der Waals surface area contributed by atoms with Crippen LogP contribution in [0.1, 0.15) is 12.8 Å². The number of hydrogen-bond donors (Lipinski definition) is 2. The van der Waals surface area contributed by atoms with Crippen LogP contribution in [0.5, 0.6) is 0 Å². The number of halogens is 2. The van der Waals surface area contributed by atoms with Gasteiger partial charge in [-0.1, -0.05) is 0 Å². The first-order valence-corrected chi connectivity index (χ1v) is 8.15. The number of hydrogen-bond acceptors (Lipinski definition) is 4. The van der Waals surface area contributed by atoms with Gasteiger partial charge in [-0.05, 0) is 46.1 Å². The molecular weight excluding hydrogens is 348 g/mol. The van der Waals surface area contributed by atoms with Gasteiger partial charge >= 0.3 is 0 Å². The topological polar surface area (TPSA) is 72.2 Å². The molecule has 0 spiro atoms. The molecule has 1 heterocycles. The molecule has 2 rings (SSSR count). The Morgan fingerprint density at radius 2 is 2.24 bits per heavy atom. The summed E-state index contributed by atoms with van der Waals surface area (Å²) in [5.74, 6) is 0.415. The van der Waals surface area contributed by atoms with Gasteiger partial charge in [0.2, 0.25) is 0 Å². The largest absolute Gasteiger partial charge is 0.329 e. The molecule has 0 aromatic carbocycles. The predicted molar refractivity (Wildman–Crippen MR) is 75.2 cm³/mol. The molecular formula is C9H14BrClN2O2S2. The van der Waals surface area contributed by atoms with Crippen LogP contribution in [0, 0.1) is 5.92 Å². The van der Waals surface area contributed by atoms with Crippen molar-refractivity contribution < 1.29 is 8.42 Å². The SMILES string of the molecule is Cl.NCC(NS(=O)(=O)c1sccc1Br)C1CC1. The van der Waals surface area contributed by atoms with E-state index in [0.29, 0.717) is 21.1 Å². The smallest absolute Gasteiger partial charge is 0.251 e. The molecule has 4 nitrogen and oxygen atoms in total. The monoisotopic (exact) mass is 360 g/mol. The predicted octanol–water partition coefficient (Wildman–Crippen LogP) is 1.95. The van der Waals surface area contributed by atoms with Crippen LogP contribution >= 0.6 is 39.7 Å². The minimum Gasteiger partial charge on any atom is -0.329 e. The zero-order chi connectivity index (χ0) is 11.8. The minimum atomic E-state index is -3.42. The van der Waals surface area contributed by atoms with Crippen LogP contribution in [0.4, 0.5) is 0 Å². The van der Waals surface area contributed by atoms with Crippen molar-refractivity contribution in [2.75, 3.05) is 6.54 Å². The van der Waals surface area contributed by atoms with E-state index in [1.165, 1.54) is 11.3 Å². The third-order valence-electron chi connectivity index (χ3n) is 2.58.